The maximum absolute atomic E-state index is 12.5. The van der Waals surface area contributed by atoms with E-state index in [9.17, 15) is 9.59 Å². The molecule has 0 saturated carbocycles. The minimum Gasteiger partial charge on any atom is -0.490 e. The Morgan fingerprint density at radius 1 is 1.03 bits per heavy atom. The highest BCUT2D eigenvalue weighted by molar-refractivity contribution is 5.96. The summed E-state index contributed by atoms with van der Waals surface area (Å²) in [5, 5.41) is 5.16. The van der Waals surface area contributed by atoms with Crippen LogP contribution in [-0.4, -0.2) is 48.7 Å². The zero-order chi connectivity index (χ0) is 22.1. The number of nitrogens with zero attached hydrogens (tertiary/aromatic N) is 1. The summed E-state index contributed by atoms with van der Waals surface area (Å²) in [4.78, 5) is 26.6. The fourth-order valence-corrected chi connectivity index (χ4v) is 3.59. The summed E-state index contributed by atoms with van der Waals surface area (Å²) in [5.74, 6) is 1.21. The molecule has 3 amide bonds. The molecule has 1 fully saturated rings. The summed E-state index contributed by atoms with van der Waals surface area (Å²) in [6.07, 6.45) is 1.68. The molecule has 2 N–H and O–H groups in total. The average molecular weight is 426 g/mol. The highest BCUT2D eigenvalue weighted by atomic mass is 16.5. The van der Waals surface area contributed by atoms with Gasteiger partial charge in [0.15, 0.2) is 11.5 Å². The number of piperidine rings is 1. The highest BCUT2D eigenvalue weighted by Crippen LogP contribution is 2.29. The Labute approximate surface area is 183 Å². The number of imide groups is 1. The van der Waals surface area contributed by atoms with Crippen molar-refractivity contribution in [2.75, 3.05) is 19.7 Å². The van der Waals surface area contributed by atoms with Crippen LogP contribution in [0.4, 0.5) is 4.79 Å². The molecule has 2 aromatic carbocycles. The summed E-state index contributed by atoms with van der Waals surface area (Å²) in [5.41, 5.74) is 0.978. The molecule has 3 rings (SSSR count). The standard InChI is InChI=1S/C24H31N3O4/c1-3-30-21-11-7-8-12-22(21)31-20-13-15-27(16-14-20)18(2)23(28)26-24(29)25-17-19-9-5-4-6-10-19/h4-12,18,20H,3,13-17H2,1-2H3,(H2,25,26,28,29). The van der Waals surface area contributed by atoms with Gasteiger partial charge in [0.05, 0.1) is 12.6 Å². The second kappa shape index (κ2) is 11.4. The van der Waals surface area contributed by atoms with E-state index >= 15 is 0 Å². The van der Waals surface area contributed by atoms with Gasteiger partial charge in [-0.05, 0) is 44.4 Å². The van der Waals surface area contributed by atoms with Crippen LogP contribution in [0.25, 0.3) is 0 Å². The van der Waals surface area contributed by atoms with Crippen LogP contribution in [0, 0.1) is 0 Å². The number of carbonyl (C=O) groups excluding carboxylic acids is 2. The number of nitrogens with one attached hydrogen (secondary N) is 2. The Morgan fingerprint density at radius 3 is 2.35 bits per heavy atom. The molecule has 166 valence electrons. The summed E-state index contributed by atoms with van der Waals surface area (Å²) in [7, 11) is 0. The Bertz CT molecular complexity index is 851. The lowest BCUT2D eigenvalue weighted by atomic mass is 10.1. The van der Waals surface area contributed by atoms with Crippen molar-refractivity contribution >= 4 is 11.9 Å². The van der Waals surface area contributed by atoms with Crippen molar-refractivity contribution in [3.05, 3.63) is 60.2 Å². The number of carbonyl (C=O) groups is 2. The van der Waals surface area contributed by atoms with Crippen molar-refractivity contribution in [3.8, 4) is 11.5 Å². The van der Waals surface area contributed by atoms with Gasteiger partial charge in [-0.2, -0.15) is 0 Å². The quantitative estimate of drug-likeness (QED) is 0.678. The fourth-order valence-electron chi connectivity index (χ4n) is 3.59. The molecule has 0 radical (unpaired) electrons. The number of urea groups is 1. The largest absolute Gasteiger partial charge is 0.490 e. The highest BCUT2D eigenvalue weighted by Gasteiger charge is 2.28. The molecule has 2 aromatic rings. The molecule has 1 atom stereocenters. The number of rotatable bonds is 8. The monoisotopic (exact) mass is 425 g/mol. The predicted octanol–water partition coefficient (Wildman–Crippen LogP) is 3.34. The maximum atomic E-state index is 12.5. The molecule has 1 unspecified atom stereocenters. The lowest BCUT2D eigenvalue weighted by Gasteiger charge is -2.35. The lowest BCUT2D eigenvalue weighted by molar-refractivity contribution is -0.125. The number of para-hydroxylation sites is 2. The van der Waals surface area contributed by atoms with Crippen LogP contribution in [0.15, 0.2) is 54.6 Å². The Balaban J connectivity index is 1.42. The van der Waals surface area contributed by atoms with Gasteiger partial charge in [0, 0.05) is 19.6 Å². The third-order valence-electron chi connectivity index (χ3n) is 5.38. The van der Waals surface area contributed by atoms with Crippen molar-refractivity contribution < 1.29 is 19.1 Å². The summed E-state index contributed by atoms with van der Waals surface area (Å²) in [6.45, 7) is 6.18. The zero-order valence-electron chi connectivity index (χ0n) is 18.2. The van der Waals surface area contributed by atoms with Crippen molar-refractivity contribution in [3.63, 3.8) is 0 Å². The smallest absolute Gasteiger partial charge is 0.321 e. The Morgan fingerprint density at radius 2 is 1.68 bits per heavy atom. The minimum atomic E-state index is -0.480. The van der Waals surface area contributed by atoms with Gasteiger partial charge < -0.3 is 14.8 Å². The van der Waals surface area contributed by atoms with E-state index in [0.29, 0.717) is 13.2 Å². The van der Waals surface area contributed by atoms with E-state index in [-0.39, 0.29) is 18.1 Å². The van der Waals surface area contributed by atoms with E-state index < -0.39 is 6.03 Å². The Hall–Kier alpha value is -3.06. The second-order valence-electron chi connectivity index (χ2n) is 7.57. The first-order valence-electron chi connectivity index (χ1n) is 10.8. The predicted molar refractivity (Wildman–Crippen MR) is 119 cm³/mol. The van der Waals surface area contributed by atoms with Crippen molar-refractivity contribution in [1.82, 2.24) is 15.5 Å². The number of hydrogen-bond acceptors (Lipinski definition) is 5. The first-order chi connectivity index (χ1) is 15.1. The number of benzene rings is 2. The lowest BCUT2D eigenvalue weighted by Crippen LogP contribution is -2.52. The van der Waals surface area contributed by atoms with Crippen LogP contribution in [-0.2, 0) is 11.3 Å². The molecule has 31 heavy (non-hydrogen) atoms. The zero-order valence-corrected chi connectivity index (χ0v) is 18.2. The van der Waals surface area contributed by atoms with Crippen LogP contribution in [0.5, 0.6) is 11.5 Å². The molecule has 7 nitrogen and oxygen atoms in total. The molecule has 1 aliphatic rings. The maximum Gasteiger partial charge on any atom is 0.321 e. The van der Waals surface area contributed by atoms with Gasteiger partial charge in [0.2, 0.25) is 5.91 Å². The minimum absolute atomic E-state index is 0.0716. The molecule has 1 heterocycles. The first kappa shape index (κ1) is 22.6. The third kappa shape index (κ3) is 6.72. The molecular formula is C24H31N3O4. The third-order valence-corrected chi connectivity index (χ3v) is 5.38. The SMILES string of the molecule is CCOc1ccccc1OC1CCN(C(C)C(=O)NC(=O)NCc2ccccc2)CC1. The Kier molecular flexibility index (Phi) is 8.29. The van der Waals surface area contributed by atoms with Crippen molar-refractivity contribution in [1.29, 1.82) is 0 Å². The molecule has 0 aromatic heterocycles. The number of likely N-dealkylation sites (tertiary alicyclic amines) is 1. The van der Waals surface area contributed by atoms with Crippen LogP contribution < -0.4 is 20.1 Å². The van der Waals surface area contributed by atoms with Crippen LogP contribution >= 0.6 is 0 Å². The van der Waals surface area contributed by atoms with Gasteiger partial charge in [-0.1, -0.05) is 42.5 Å². The van der Waals surface area contributed by atoms with E-state index in [2.05, 4.69) is 15.5 Å². The molecule has 1 saturated heterocycles. The van der Waals surface area contributed by atoms with Crippen LogP contribution in [0.2, 0.25) is 0 Å². The summed E-state index contributed by atoms with van der Waals surface area (Å²) < 4.78 is 11.8. The molecule has 0 spiro atoms. The van der Waals surface area contributed by atoms with Gasteiger partial charge in [-0.25, -0.2) is 4.79 Å². The van der Waals surface area contributed by atoms with Gasteiger partial charge in [-0.3, -0.25) is 15.0 Å². The van der Waals surface area contributed by atoms with Crippen LogP contribution in [0.1, 0.15) is 32.3 Å². The number of hydrogen-bond donors (Lipinski definition) is 2. The summed E-state index contributed by atoms with van der Waals surface area (Å²) >= 11 is 0. The normalized spacial score (nSPS) is 15.7. The number of ether oxygens (including phenoxy) is 2. The molecule has 1 aliphatic heterocycles. The van der Waals surface area contributed by atoms with Gasteiger partial charge in [0.1, 0.15) is 6.10 Å². The van der Waals surface area contributed by atoms with Crippen molar-refractivity contribution in [2.24, 2.45) is 0 Å². The van der Waals surface area contributed by atoms with E-state index in [1.165, 1.54) is 0 Å². The van der Waals surface area contributed by atoms with E-state index in [4.69, 9.17) is 9.47 Å². The van der Waals surface area contributed by atoms with E-state index in [1.807, 2.05) is 68.4 Å². The number of amides is 3. The van der Waals surface area contributed by atoms with Crippen molar-refractivity contribution in [2.45, 2.75) is 45.4 Å². The second-order valence-corrected chi connectivity index (χ2v) is 7.57. The van der Waals surface area contributed by atoms with E-state index in [1.54, 1.807) is 0 Å². The average Bonchev–Trinajstić information content (AvgIpc) is 2.80. The summed E-state index contributed by atoms with van der Waals surface area (Å²) in [6, 6.07) is 16.4. The van der Waals surface area contributed by atoms with E-state index in [0.717, 1.165) is 43.0 Å². The molecule has 0 bridgehead atoms. The fraction of sp³-hybridized carbons (Fsp3) is 0.417. The van der Waals surface area contributed by atoms with Gasteiger partial charge in [0.25, 0.3) is 0 Å². The first-order valence-corrected chi connectivity index (χ1v) is 10.8. The topological polar surface area (TPSA) is 79.9 Å². The molecular weight excluding hydrogens is 394 g/mol. The molecule has 0 aliphatic carbocycles. The molecule has 7 heteroatoms. The van der Waals surface area contributed by atoms with Gasteiger partial charge >= 0.3 is 6.03 Å². The van der Waals surface area contributed by atoms with Crippen LogP contribution in [0.3, 0.4) is 0 Å². The van der Waals surface area contributed by atoms with Gasteiger partial charge in [-0.15, -0.1) is 0 Å².